The van der Waals surface area contributed by atoms with Gasteiger partial charge < -0.3 is 18.5 Å². The maximum atomic E-state index is 6.04. The lowest BCUT2D eigenvalue weighted by Crippen LogP contribution is -2.50. The van der Waals surface area contributed by atoms with Crippen LogP contribution in [0.3, 0.4) is 0 Å². The van der Waals surface area contributed by atoms with Crippen LogP contribution in [0.4, 0.5) is 0 Å². The van der Waals surface area contributed by atoms with Crippen LogP contribution in [-0.4, -0.2) is 81.7 Å². The summed E-state index contributed by atoms with van der Waals surface area (Å²) in [6.45, 7) is 7.28. The van der Waals surface area contributed by atoms with Gasteiger partial charge in [0.15, 0.2) is 0 Å². The molecule has 1 aromatic rings. The molecule has 0 atom stereocenters. The first-order valence-corrected chi connectivity index (χ1v) is 10.5. The smallest absolute Gasteiger partial charge is 0.379 e. The van der Waals surface area contributed by atoms with Crippen molar-refractivity contribution < 1.29 is 9.47 Å². The summed E-state index contributed by atoms with van der Waals surface area (Å²) in [4.78, 5) is 5.06. The summed E-state index contributed by atoms with van der Waals surface area (Å²) in [5, 5.41) is 0. The molecule has 2 saturated heterocycles. The summed E-state index contributed by atoms with van der Waals surface area (Å²) in [5.41, 5.74) is 1.36. The van der Waals surface area contributed by atoms with Crippen LogP contribution < -0.4 is 3.69 Å². The van der Waals surface area contributed by atoms with E-state index in [4.69, 9.17) is 18.5 Å². The van der Waals surface area contributed by atoms with E-state index in [0.29, 0.717) is 6.17 Å². The molecule has 3 rings (SSSR count). The van der Waals surface area contributed by atoms with Crippen molar-refractivity contribution in [2.45, 2.75) is 6.17 Å². The Morgan fingerprint density at radius 2 is 1.33 bits per heavy atom. The Morgan fingerprint density at radius 3 is 1.76 bits per heavy atom. The number of nitrogens with zero attached hydrogens (tertiary/aromatic N) is 2. The second-order valence-corrected chi connectivity index (χ2v) is 7.43. The van der Waals surface area contributed by atoms with Crippen molar-refractivity contribution in [3.63, 3.8) is 0 Å². The molecule has 6 heteroatoms. The van der Waals surface area contributed by atoms with Gasteiger partial charge in [0, 0.05) is 26.2 Å². The summed E-state index contributed by atoms with van der Waals surface area (Å²) < 4.78 is 12.3. The first kappa shape index (κ1) is 16.0. The van der Waals surface area contributed by atoms with Crippen molar-refractivity contribution >= 4 is 32.0 Å². The van der Waals surface area contributed by atoms with Crippen LogP contribution >= 0.6 is 9.07 Å². The van der Waals surface area contributed by atoms with Gasteiger partial charge in [-0.2, -0.15) is 0 Å². The molecule has 4 nitrogen and oxygen atoms in total. The van der Waals surface area contributed by atoms with Crippen molar-refractivity contribution in [2.75, 3.05) is 52.6 Å². The van der Waals surface area contributed by atoms with E-state index in [1.165, 1.54) is 9.26 Å². The van der Waals surface area contributed by atoms with Gasteiger partial charge in [-0.15, -0.1) is 3.69 Å². The Labute approximate surface area is 139 Å². The minimum Gasteiger partial charge on any atom is -0.379 e. The Kier molecular flexibility index (Phi) is 6.17. The first-order chi connectivity index (χ1) is 10.4. The molecule has 0 aromatic heterocycles. The van der Waals surface area contributed by atoms with Crippen LogP contribution in [0, 0.1) is 0 Å². The topological polar surface area (TPSA) is 24.9 Å². The van der Waals surface area contributed by atoms with E-state index in [1.807, 2.05) is 0 Å². The molecule has 0 N–H and O–H groups in total. The van der Waals surface area contributed by atoms with Crippen LogP contribution in [0.15, 0.2) is 24.3 Å². The van der Waals surface area contributed by atoms with Crippen LogP contribution in [0.2, 0.25) is 0 Å². The number of hydrogen-bond donors (Lipinski definition) is 0. The second kappa shape index (κ2) is 8.10. The van der Waals surface area contributed by atoms with Gasteiger partial charge in [0.05, 0.1) is 32.6 Å². The van der Waals surface area contributed by atoms with E-state index < -0.39 is 19.3 Å². The molecule has 112 valence electrons. The zero-order chi connectivity index (χ0) is 14.5. The van der Waals surface area contributed by atoms with Crippen molar-refractivity contribution in [2.24, 2.45) is 0 Å². The molecular formula is C15H21ClMgN2O2. The highest BCUT2D eigenvalue weighted by molar-refractivity contribution is 7.01. The Bertz CT molecular complexity index is 416. The van der Waals surface area contributed by atoms with Crippen LogP contribution in [0.1, 0.15) is 11.7 Å². The molecular weight excluding hydrogens is 300 g/mol. The molecule has 0 amide bonds. The van der Waals surface area contributed by atoms with Crippen LogP contribution in [-0.2, 0) is 9.47 Å². The fourth-order valence-electron chi connectivity index (χ4n) is 3.08. The number of morpholine rings is 2. The number of hydrogen-bond acceptors (Lipinski definition) is 4. The minimum atomic E-state index is -0.590. The summed E-state index contributed by atoms with van der Waals surface area (Å²) in [7, 11) is 6.04. The summed E-state index contributed by atoms with van der Waals surface area (Å²) in [6.07, 6.45) is 0.337. The van der Waals surface area contributed by atoms with E-state index in [0.717, 1.165) is 52.6 Å². The van der Waals surface area contributed by atoms with Gasteiger partial charge in [0.2, 0.25) is 0 Å². The molecule has 0 spiro atoms. The third-order valence-electron chi connectivity index (χ3n) is 4.22. The fraction of sp³-hybridized carbons (Fsp3) is 0.600. The van der Waals surface area contributed by atoms with Crippen molar-refractivity contribution in [3.8, 4) is 0 Å². The molecule has 1 aromatic carbocycles. The Hall–Kier alpha value is 0.116. The average molecular weight is 321 g/mol. The van der Waals surface area contributed by atoms with Crippen molar-refractivity contribution in [3.05, 3.63) is 29.8 Å². The van der Waals surface area contributed by atoms with E-state index >= 15 is 0 Å². The maximum Gasteiger partial charge on any atom is 0.538 e. The number of benzene rings is 1. The monoisotopic (exact) mass is 320 g/mol. The molecule has 0 unspecified atom stereocenters. The number of halogens is 1. The molecule has 21 heavy (non-hydrogen) atoms. The SMILES string of the molecule is [Cl][Mg][c]1ccc(C(N2CCOCC2)N2CCOCC2)cc1. The molecule has 2 fully saturated rings. The van der Waals surface area contributed by atoms with E-state index in [1.54, 1.807) is 0 Å². The number of rotatable bonds is 4. The van der Waals surface area contributed by atoms with Gasteiger partial charge in [0.1, 0.15) is 0 Å². The second-order valence-electron chi connectivity index (χ2n) is 5.55. The molecule has 0 aliphatic carbocycles. The Morgan fingerprint density at radius 1 is 0.857 bits per heavy atom. The first-order valence-electron chi connectivity index (χ1n) is 7.67. The summed E-state index contributed by atoms with van der Waals surface area (Å²) in [6, 6.07) is 8.89. The van der Waals surface area contributed by atoms with Crippen LogP contribution in [0.5, 0.6) is 0 Å². The molecule has 2 heterocycles. The lowest BCUT2D eigenvalue weighted by Gasteiger charge is -2.43. The normalized spacial score (nSPS) is 21.4. The molecule has 2 aliphatic heterocycles. The van der Waals surface area contributed by atoms with E-state index in [9.17, 15) is 0 Å². The predicted octanol–water partition coefficient (Wildman–Crippen LogP) is 0.833. The highest BCUT2D eigenvalue weighted by Gasteiger charge is 2.29. The third-order valence-corrected chi connectivity index (χ3v) is 5.92. The predicted molar refractivity (Wildman–Crippen MR) is 85.2 cm³/mol. The zero-order valence-corrected chi connectivity index (χ0v) is 14.5. The van der Waals surface area contributed by atoms with E-state index in [2.05, 4.69) is 34.1 Å². The highest BCUT2D eigenvalue weighted by Crippen LogP contribution is 2.26. The van der Waals surface area contributed by atoms with Gasteiger partial charge in [-0.3, -0.25) is 9.80 Å². The van der Waals surface area contributed by atoms with Gasteiger partial charge >= 0.3 is 19.3 Å². The van der Waals surface area contributed by atoms with Gasteiger partial charge in [-0.25, -0.2) is 0 Å². The number of ether oxygens (including phenoxy) is 2. The quantitative estimate of drug-likeness (QED) is 0.767. The van der Waals surface area contributed by atoms with E-state index in [-0.39, 0.29) is 0 Å². The minimum absolute atomic E-state index is 0.337. The maximum absolute atomic E-state index is 6.04. The summed E-state index contributed by atoms with van der Waals surface area (Å²) in [5.74, 6) is 0. The molecule has 2 aliphatic rings. The standard InChI is InChI=1S/C15H21N2O2.ClH.Mg/c1-2-4-14(5-3-1)15(16-6-10-18-11-7-16)17-8-12-19-13-9-17;;/h2-5,15H,6-13H2;1H;/q;;+1/p-1. The molecule has 0 bridgehead atoms. The summed E-state index contributed by atoms with van der Waals surface area (Å²) >= 11 is -0.590. The molecule has 0 radical (unpaired) electrons. The van der Waals surface area contributed by atoms with Gasteiger partial charge in [0.25, 0.3) is 0 Å². The fourth-order valence-corrected chi connectivity index (χ4v) is 4.02. The average Bonchev–Trinajstić information content (AvgIpc) is 2.58. The van der Waals surface area contributed by atoms with Crippen molar-refractivity contribution in [1.82, 2.24) is 9.80 Å². The van der Waals surface area contributed by atoms with Crippen molar-refractivity contribution in [1.29, 1.82) is 0 Å². The third kappa shape index (κ3) is 4.10. The Balaban J connectivity index is 1.82. The van der Waals surface area contributed by atoms with Crippen LogP contribution in [0.25, 0.3) is 0 Å². The highest BCUT2D eigenvalue weighted by atomic mass is 35.5. The largest absolute Gasteiger partial charge is 0.538 e. The lowest BCUT2D eigenvalue weighted by atomic mass is 10.1. The molecule has 0 saturated carbocycles. The lowest BCUT2D eigenvalue weighted by molar-refractivity contribution is -0.0676. The zero-order valence-electron chi connectivity index (χ0n) is 12.3. The van der Waals surface area contributed by atoms with Gasteiger partial charge in [-0.05, 0) is 5.56 Å². The van der Waals surface area contributed by atoms with Gasteiger partial charge in [-0.1, -0.05) is 24.3 Å².